The van der Waals surface area contributed by atoms with E-state index in [9.17, 15) is 0 Å². The Morgan fingerprint density at radius 3 is 2.65 bits per heavy atom. The molecule has 1 aromatic heterocycles. The summed E-state index contributed by atoms with van der Waals surface area (Å²) in [6.45, 7) is 4.91. The van der Waals surface area contributed by atoms with Crippen LogP contribution in [-0.4, -0.2) is 30.7 Å². The summed E-state index contributed by atoms with van der Waals surface area (Å²) >= 11 is 0. The monoisotopic (exact) mass is 350 g/mol. The van der Waals surface area contributed by atoms with Gasteiger partial charge in [0, 0.05) is 30.1 Å². The van der Waals surface area contributed by atoms with Crippen LogP contribution in [0.4, 0.5) is 11.8 Å². The molecule has 0 amide bonds. The van der Waals surface area contributed by atoms with E-state index in [4.69, 9.17) is 9.47 Å². The van der Waals surface area contributed by atoms with Gasteiger partial charge in [-0.2, -0.15) is 4.98 Å². The number of aromatic nitrogens is 2. The molecule has 3 aromatic rings. The zero-order valence-corrected chi connectivity index (χ0v) is 15.0. The number of nitrogens with one attached hydrogen (secondary N) is 2. The SMILES string of the molecule is C=CCNc1nc(NCc2ccc(OC)cc2OC)nc2ccccc12. The molecule has 0 unspecified atom stereocenters. The van der Waals surface area contributed by atoms with E-state index in [-0.39, 0.29) is 0 Å². The van der Waals surface area contributed by atoms with Crippen molar-refractivity contribution in [3.05, 3.63) is 60.7 Å². The lowest BCUT2D eigenvalue weighted by molar-refractivity contribution is 0.391. The van der Waals surface area contributed by atoms with Crippen molar-refractivity contribution in [3.63, 3.8) is 0 Å². The molecule has 1 heterocycles. The summed E-state index contributed by atoms with van der Waals surface area (Å²) in [6.07, 6.45) is 1.80. The minimum absolute atomic E-state index is 0.534. The predicted octanol–water partition coefficient (Wildman–Crippen LogP) is 3.86. The third kappa shape index (κ3) is 3.85. The van der Waals surface area contributed by atoms with Crippen molar-refractivity contribution in [1.29, 1.82) is 0 Å². The van der Waals surface area contributed by atoms with Gasteiger partial charge in [0.15, 0.2) is 0 Å². The number of methoxy groups -OCH3 is 2. The third-order valence-electron chi connectivity index (χ3n) is 3.95. The maximum absolute atomic E-state index is 5.44. The topological polar surface area (TPSA) is 68.3 Å². The van der Waals surface area contributed by atoms with Crippen LogP contribution >= 0.6 is 0 Å². The van der Waals surface area contributed by atoms with Crippen LogP contribution < -0.4 is 20.1 Å². The summed E-state index contributed by atoms with van der Waals surface area (Å²) in [7, 11) is 3.27. The van der Waals surface area contributed by atoms with Crippen molar-refractivity contribution in [1.82, 2.24) is 9.97 Å². The van der Waals surface area contributed by atoms with Crippen LogP contribution in [0.15, 0.2) is 55.1 Å². The lowest BCUT2D eigenvalue weighted by Crippen LogP contribution is -2.08. The van der Waals surface area contributed by atoms with E-state index >= 15 is 0 Å². The summed E-state index contributed by atoms with van der Waals surface area (Å²) in [5.41, 5.74) is 1.86. The third-order valence-corrected chi connectivity index (χ3v) is 3.95. The molecule has 0 bridgehead atoms. The summed E-state index contributed by atoms with van der Waals surface area (Å²) in [4.78, 5) is 9.19. The fourth-order valence-electron chi connectivity index (χ4n) is 2.63. The van der Waals surface area contributed by atoms with Gasteiger partial charge in [0.05, 0.1) is 19.7 Å². The van der Waals surface area contributed by atoms with Crippen molar-refractivity contribution in [3.8, 4) is 11.5 Å². The lowest BCUT2D eigenvalue weighted by atomic mass is 10.2. The number of hydrogen-bond acceptors (Lipinski definition) is 6. The van der Waals surface area contributed by atoms with Crippen LogP contribution in [-0.2, 0) is 6.54 Å². The molecule has 2 aromatic carbocycles. The molecular formula is C20H22N4O2. The predicted molar refractivity (Wildman–Crippen MR) is 105 cm³/mol. The highest BCUT2D eigenvalue weighted by atomic mass is 16.5. The van der Waals surface area contributed by atoms with Crippen LogP contribution in [0.1, 0.15) is 5.56 Å². The van der Waals surface area contributed by atoms with Gasteiger partial charge in [0.1, 0.15) is 17.3 Å². The van der Waals surface area contributed by atoms with Crippen LogP contribution in [0.25, 0.3) is 10.9 Å². The Labute approximate surface area is 152 Å². The van der Waals surface area contributed by atoms with Crippen molar-refractivity contribution in [2.24, 2.45) is 0 Å². The molecule has 0 atom stereocenters. The van der Waals surface area contributed by atoms with Gasteiger partial charge >= 0.3 is 0 Å². The van der Waals surface area contributed by atoms with E-state index in [1.54, 1.807) is 20.3 Å². The molecule has 0 saturated heterocycles. The number of para-hydroxylation sites is 1. The van der Waals surface area contributed by atoms with Crippen LogP contribution in [0.5, 0.6) is 11.5 Å². The number of ether oxygens (including phenoxy) is 2. The Kier molecular flexibility index (Phi) is 5.53. The fourth-order valence-corrected chi connectivity index (χ4v) is 2.63. The van der Waals surface area contributed by atoms with Crippen molar-refractivity contribution < 1.29 is 9.47 Å². The maximum Gasteiger partial charge on any atom is 0.225 e. The smallest absolute Gasteiger partial charge is 0.225 e. The van der Waals surface area contributed by atoms with Crippen LogP contribution in [0.3, 0.4) is 0 Å². The van der Waals surface area contributed by atoms with Crippen LogP contribution in [0.2, 0.25) is 0 Å². The van der Waals surface area contributed by atoms with E-state index in [1.807, 2.05) is 42.5 Å². The summed E-state index contributed by atoms with van der Waals surface area (Å²) < 4.78 is 10.7. The molecule has 0 aliphatic heterocycles. The van der Waals surface area contributed by atoms with Gasteiger partial charge in [-0.05, 0) is 24.3 Å². The first-order chi connectivity index (χ1) is 12.7. The molecule has 2 N–H and O–H groups in total. The summed E-state index contributed by atoms with van der Waals surface area (Å²) in [5, 5.41) is 7.51. The molecule has 0 spiro atoms. The van der Waals surface area contributed by atoms with Crippen molar-refractivity contribution >= 4 is 22.7 Å². The van der Waals surface area contributed by atoms with Gasteiger partial charge in [0.2, 0.25) is 5.95 Å². The molecular weight excluding hydrogens is 328 g/mol. The normalized spacial score (nSPS) is 10.4. The Balaban J connectivity index is 1.86. The molecule has 6 nitrogen and oxygen atoms in total. The highest BCUT2D eigenvalue weighted by Crippen LogP contribution is 2.26. The zero-order chi connectivity index (χ0) is 18.4. The van der Waals surface area contributed by atoms with Crippen molar-refractivity contribution in [2.45, 2.75) is 6.54 Å². The second-order valence-corrected chi connectivity index (χ2v) is 5.61. The first kappa shape index (κ1) is 17.5. The summed E-state index contributed by atoms with van der Waals surface area (Å²) in [6, 6.07) is 13.6. The maximum atomic E-state index is 5.44. The number of anilines is 2. The molecule has 0 aliphatic carbocycles. The second kappa shape index (κ2) is 8.20. The number of fused-ring (bicyclic) bond motifs is 1. The minimum atomic E-state index is 0.534. The van der Waals surface area contributed by atoms with Gasteiger partial charge in [-0.15, -0.1) is 6.58 Å². The quantitative estimate of drug-likeness (QED) is 0.601. The molecule has 134 valence electrons. The molecule has 3 rings (SSSR count). The second-order valence-electron chi connectivity index (χ2n) is 5.61. The highest BCUT2D eigenvalue weighted by Gasteiger charge is 2.09. The molecule has 0 aliphatic rings. The van der Waals surface area contributed by atoms with Gasteiger partial charge in [-0.3, -0.25) is 0 Å². The average Bonchev–Trinajstić information content (AvgIpc) is 2.70. The zero-order valence-electron chi connectivity index (χ0n) is 15.0. The minimum Gasteiger partial charge on any atom is -0.497 e. The molecule has 26 heavy (non-hydrogen) atoms. The molecule has 0 radical (unpaired) electrons. The average molecular weight is 350 g/mol. The summed E-state index contributed by atoms with van der Waals surface area (Å²) in [5.74, 6) is 2.83. The molecule has 0 saturated carbocycles. The Hall–Kier alpha value is -3.28. The Morgan fingerprint density at radius 2 is 1.88 bits per heavy atom. The van der Waals surface area contributed by atoms with Crippen molar-refractivity contribution in [2.75, 3.05) is 31.4 Å². The number of nitrogens with zero attached hydrogens (tertiary/aromatic N) is 2. The lowest BCUT2D eigenvalue weighted by Gasteiger charge is -2.13. The molecule has 0 fully saturated rings. The largest absolute Gasteiger partial charge is 0.497 e. The van der Waals surface area contributed by atoms with E-state index < -0.39 is 0 Å². The van der Waals surface area contributed by atoms with E-state index in [0.717, 1.165) is 33.8 Å². The van der Waals surface area contributed by atoms with Crippen LogP contribution in [0, 0.1) is 0 Å². The Morgan fingerprint density at radius 1 is 1.04 bits per heavy atom. The van der Waals surface area contributed by atoms with Gasteiger partial charge in [-0.25, -0.2) is 4.98 Å². The fraction of sp³-hybridized carbons (Fsp3) is 0.200. The Bertz CT molecular complexity index is 911. The van der Waals surface area contributed by atoms with Gasteiger partial charge in [-0.1, -0.05) is 18.2 Å². The van der Waals surface area contributed by atoms with E-state index in [1.165, 1.54) is 0 Å². The first-order valence-corrected chi connectivity index (χ1v) is 8.31. The van der Waals surface area contributed by atoms with Gasteiger partial charge < -0.3 is 20.1 Å². The first-order valence-electron chi connectivity index (χ1n) is 8.31. The number of hydrogen-bond donors (Lipinski definition) is 2. The standard InChI is InChI=1S/C20H22N4O2/c1-4-11-21-19-16-7-5-6-8-17(16)23-20(24-19)22-13-14-9-10-15(25-2)12-18(14)26-3/h4-10,12H,1,11,13H2,2-3H3,(H2,21,22,23,24). The molecule has 6 heteroatoms. The highest BCUT2D eigenvalue weighted by molar-refractivity contribution is 5.90. The number of benzene rings is 2. The number of rotatable bonds is 8. The van der Waals surface area contributed by atoms with Gasteiger partial charge in [0.25, 0.3) is 0 Å². The van der Waals surface area contributed by atoms with E-state index in [0.29, 0.717) is 19.0 Å². The van der Waals surface area contributed by atoms with E-state index in [2.05, 4.69) is 27.2 Å².